The van der Waals surface area contributed by atoms with E-state index in [2.05, 4.69) is 28.6 Å². The highest BCUT2D eigenvalue weighted by Gasteiger charge is 2.41. The number of imidazole rings is 1. The smallest absolute Gasteiger partial charge is 0.332 e. The van der Waals surface area contributed by atoms with Crippen molar-refractivity contribution in [3.63, 3.8) is 0 Å². The number of pyridine rings is 1. The summed E-state index contributed by atoms with van der Waals surface area (Å²) in [5, 5.41) is 11.6. The summed E-state index contributed by atoms with van der Waals surface area (Å²) in [6, 6.07) is 11.2. The van der Waals surface area contributed by atoms with Gasteiger partial charge in [0.25, 0.3) is 0 Å². The molecule has 4 aromatic rings. The summed E-state index contributed by atoms with van der Waals surface area (Å²) >= 11 is 6.55. The Morgan fingerprint density at radius 2 is 1.69 bits per heavy atom. The number of anilines is 1. The zero-order valence-electron chi connectivity index (χ0n) is 22.2. The predicted molar refractivity (Wildman–Crippen MR) is 152 cm³/mol. The number of fused-ring (bicyclic) bond motifs is 2. The Bertz CT molecular complexity index is 1600. The Morgan fingerprint density at radius 3 is 2.31 bits per heavy atom. The number of phenolic OH excluding ortho intramolecular Hbond substituents is 1. The van der Waals surface area contributed by atoms with Crippen LogP contribution < -0.4 is 10.6 Å². The number of phenols is 1. The molecule has 2 bridgehead atoms. The molecule has 0 radical (unpaired) electrons. The van der Waals surface area contributed by atoms with E-state index in [1.807, 2.05) is 12.3 Å². The zero-order chi connectivity index (χ0) is 27.4. The number of rotatable bonds is 5. The van der Waals surface area contributed by atoms with E-state index in [-0.39, 0.29) is 11.4 Å². The summed E-state index contributed by atoms with van der Waals surface area (Å²) in [7, 11) is 1.66. The van der Waals surface area contributed by atoms with Crippen LogP contribution in [0.4, 0.5) is 10.1 Å². The third-order valence-corrected chi connectivity index (χ3v) is 8.38. The van der Waals surface area contributed by atoms with Gasteiger partial charge in [0.2, 0.25) is 0 Å². The number of aromatic hydroxyl groups is 1. The lowest BCUT2D eigenvalue weighted by Crippen LogP contribution is -2.56. The van der Waals surface area contributed by atoms with Gasteiger partial charge in [-0.1, -0.05) is 17.7 Å². The first-order chi connectivity index (χ1) is 18.7. The second kappa shape index (κ2) is 9.84. The molecule has 6 rings (SSSR count). The summed E-state index contributed by atoms with van der Waals surface area (Å²) in [6.45, 7) is 6.37. The summed E-state index contributed by atoms with van der Waals surface area (Å²) in [5.74, 6) is -0.535. The number of hydrogen-bond acceptors (Lipinski definition) is 5. The maximum Gasteiger partial charge on any atom is 0.332 e. The van der Waals surface area contributed by atoms with Gasteiger partial charge < -0.3 is 14.6 Å². The first kappa shape index (κ1) is 25.6. The molecule has 2 aliphatic rings. The lowest BCUT2D eigenvalue weighted by molar-refractivity contribution is 0.129. The van der Waals surface area contributed by atoms with E-state index in [1.54, 1.807) is 43.8 Å². The van der Waals surface area contributed by atoms with Crippen LogP contribution in [0.25, 0.3) is 27.9 Å². The molecule has 7 nitrogen and oxygen atoms in total. The minimum atomic E-state index is -0.480. The summed E-state index contributed by atoms with van der Waals surface area (Å²) < 4.78 is 17.8. The minimum Gasteiger partial charge on any atom is -0.507 e. The van der Waals surface area contributed by atoms with E-state index in [0.29, 0.717) is 51.1 Å². The molecule has 1 N–H and O–H groups in total. The molecule has 0 aliphatic carbocycles. The van der Waals surface area contributed by atoms with Gasteiger partial charge in [-0.2, -0.15) is 0 Å². The number of hydrogen-bond donors (Lipinski definition) is 1. The van der Waals surface area contributed by atoms with Gasteiger partial charge in [0.05, 0.1) is 22.6 Å². The second-order valence-electron chi connectivity index (χ2n) is 10.8. The largest absolute Gasteiger partial charge is 0.507 e. The minimum absolute atomic E-state index is 0.0549. The summed E-state index contributed by atoms with van der Waals surface area (Å²) in [5.41, 5.74) is 3.10. The van der Waals surface area contributed by atoms with Gasteiger partial charge in [-0.15, -0.1) is 0 Å². The molecule has 0 saturated carbocycles. The van der Waals surface area contributed by atoms with Crippen molar-refractivity contribution in [1.29, 1.82) is 0 Å². The van der Waals surface area contributed by atoms with Crippen LogP contribution in [0.1, 0.15) is 26.7 Å². The predicted octanol–water partition coefficient (Wildman–Crippen LogP) is 5.46. The van der Waals surface area contributed by atoms with Gasteiger partial charge in [-0.3, -0.25) is 14.5 Å². The number of aromatic nitrogens is 3. The van der Waals surface area contributed by atoms with Crippen LogP contribution in [0, 0.1) is 5.82 Å². The molecule has 9 heteroatoms. The fourth-order valence-corrected chi connectivity index (χ4v) is 6.57. The standard InChI is InChI=1S/C30H31ClFN5O2/c1-18(2)37-22-5-6-23(37)17-35(16-22)24-10-20(14-33-15-24)26-13-21(32)12-25(29(26)38)19-4-7-28(27(31)11-19)36-9-8-34(3)30(36)39/h4,7-15,18,22-23,38H,5-6,16-17H2,1-3H3. The molecule has 0 spiro atoms. The van der Waals surface area contributed by atoms with Gasteiger partial charge in [0, 0.05) is 73.5 Å². The van der Waals surface area contributed by atoms with Gasteiger partial charge in [-0.05, 0) is 62.6 Å². The van der Waals surface area contributed by atoms with Gasteiger partial charge in [0.15, 0.2) is 0 Å². The second-order valence-corrected chi connectivity index (χ2v) is 11.2. The molecule has 2 aliphatic heterocycles. The van der Waals surface area contributed by atoms with Crippen molar-refractivity contribution in [2.24, 2.45) is 7.05 Å². The fourth-order valence-electron chi connectivity index (χ4n) is 6.29. The van der Waals surface area contributed by atoms with Crippen LogP contribution in [0.5, 0.6) is 5.75 Å². The highest BCUT2D eigenvalue weighted by atomic mass is 35.5. The number of piperazine rings is 1. The topological polar surface area (TPSA) is 66.5 Å². The van der Waals surface area contributed by atoms with Crippen LogP contribution >= 0.6 is 11.6 Å². The van der Waals surface area contributed by atoms with Crippen molar-refractivity contribution < 1.29 is 9.50 Å². The molecule has 0 amide bonds. The number of aryl methyl sites for hydroxylation is 1. The SMILES string of the molecule is CC(C)N1C2CCC1CN(c1cncc(-c3cc(F)cc(-c4ccc(-n5ccn(C)c5=O)c(Cl)c4)c3O)c1)C2. The molecule has 2 atom stereocenters. The molecule has 202 valence electrons. The Hall–Kier alpha value is -3.62. The molecule has 2 unspecified atom stereocenters. The van der Waals surface area contributed by atoms with Crippen LogP contribution in [-0.4, -0.2) is 55.3 Å². The van der Waals surface area contributed by atoms with Crippen LogP contribution in [0.2, 0.25) is 5.02 Å². The average Bonchev–Trinajstić information content (AvgIpc) is 3.39. The molecule has 2 saturated heterocycles. The van der Waals surface area contributed by atoms with Crippen LogP contribution in [0.15, 0.2) is 66.0 Å². The zero-order valence-corrected chi connectivity index (χ0v) is 22.9. The molecule has 2 aromatic heterocycles. The number of nitrogens with zero attached hydrogens (tertiary/aromatic N) is 5. The van der Waals surface area contributed by atoms with Gasteiger partial charge in [0.1, 0.15) is 11.6 Å². The summed E-state index contributed by atoms with van der Waals surface area (Å²) in [6.07, 6.45) is 9.17. The van der Waals surface area contributed by atoms with Crippen molar-refractivity contribution in [3.8, 4) is 33.7 Å². The normalized spacial score (nSPS) is 19.3. The molecular weight excluding hydrogens is 517 g/mol. The van der Waals surface area contributed by atoms with E-state index >= 15 is 0 Å². The number of halogens is 2. The maximum atomic E-state index is 14.9. The maximum absolute atomic E-state index is 14.9. The van der Waals surface area contributed by atoms with E-state index < -0.39 is 5.82 Å². The Morgan fingerprint density at radius 1 is 1.00 bits per heavy atom. The van der Waals surface area contributed by atoms with Crippen molar-refractivity contribution >= 4 is 17.3 Å². The molecule has 39 heavy (non-hydrogen) atoms. The van der Waals surface area contributed by atoms with E-state index in [0.717, 1.165) is 18.8 Å². The third kappa shape index (κ3) is 4.51. The average molecular weight is 548 g/mol. The highest BCUT2D eigenvalue weighted by molar-refractivity contribution is 6.32. The number of benzene rings is 2. The molecule has 4 heterocycles. The van der Waals surface area contributed by atoms with E-state index in [9.17, 15) is 14.3 Å². The highest BCUT2D eigenvalue weighted by Crippen LogP contribution is 2.41. The quantitative estimate of drug-likeness (QED) is 0.359. The third-order valence-electron chi connectivity index (χ3n) is 8.07. The Labute approximate surface area is 231 Å². The van der Waals surface area contributed by atoms with Crippen molar-refractivity contribution in [1.82, 2.24) is 19.0 Å². The monoisotopic (exact) mass is 547 g/mol. The Balaban J connectivity index is 1.34. The lowest BCUT2D eigenvalue weighted by atomic mass is 9.97. The van der Waals surface area contributed by atoms with Crippen LogP contribution in [0.3, 0.4) is 0 Å². The van der Waals surface area contributed by atoms with Gasteiger partial charge in [-0.25, -0.2) is 9.18 Å². The molecule has 2 fully saturated rings. The summed E-state index contributed by atoms with van der Waals surface area (Å²) in [4.78, 5) is 21.8. The van der Waals surface area contributed by atoms with Crippen molar-refractivity contribution in [3.05, 3.63) is 82.5 Å². The molecule has 2 aromatic carbocycles. The molecular formula is C30H31ClFN5O2. The van der Waals surface area contributed by atoms with E-state index in [4.69, 9.17) is 11.6 Å². The van der Waals surface area contributed by atoms with Crippen LogP contribution in [-0.2, 0) is 7.05 Å². The van der Waals surface area contributed by atoms with Gasteiger partial charge >= 0.3 is 5.69 Å². The van der Waals surface area contributed by atoms with Crippen molar-refractivity contribution in [2.45, 2.75) is 44.8 Å². The first-order valence-corrected chi connectivity index (χ1v) is 13.6. The van der Waals surface area contributed by atoms with E-state index in [1.165, 1.54) is 34.1 Å². The van der Waals surface area contributed by atoms with Crippen molar-refractivity contribution in [2.75, 3.05) is 18.0 Å². The lowest BCUT2D eigenvalue weighted by Gasteiger charge is -2.44. The fraction of sp³-hybridized carbons (Fsp3) is 0.333. The Kier molecular flexibility index (Phi) is 6.47. The first-order valence-electron chi connectivity index (χ1n) is 13.3.